The Morgan fingerprint density at radius 3 is 2.27 bits per heavy atom. The maximum atomic E-state index is 10.9. The predicted octanol–water partition coefficient (Wildman–Crippen LogP) is 3.26. The normalized spacial score (nSPS) is 36.3. The van der Waals surface area contributed by atoms with Gasteiger partial charge in [-0.25, -0.2) is 0 Å². The van der Waals surface area contributed by atoms with Crippen molar-refractivity contribution in [2.45, 2.75) is 54.1 Å². The van der Waals surface area contributed by atoms with Crippen LogP contribution < -0.4 is 0 Å². The largest absolute Gasteiger partial charge is 0.463 e. The maximum Gasteiger partial charge on any atom is 0.302 e. The molecule has 1 fully saturated rings. The Bertz CT molecular complexity index is 245. The summed E-state index contributed by atoms with van der Waals surface area (Å²) in [5, 5.41) is 0. The van der Waals surface area contributed by atoms with E-state index < -0.39 is 0 Å². The first-order chi connectivity index (χ1) is 6.75. The van der Waals surface area contributed by atoms with Gasteiger partial charge in [0, 0.05) is 6.92 Å². The van der Waals surface area contributed by atoms with E-state index >= 15 is 0 Å². The van der Waals surface area contributed by atoms with Crippen LogP contribution in [0.15, 0.2) is 0 Å². The molecule has 0 aromatic heterocycles. The molecule has 1 saturated carbocycles. The Hall–Kier alpha value is -0.530. The lowest BCUT2D eigenvalue weighted by molar-refractivity contribution is -0.148. The third-order valence-corrected chi connectivity index (χ3v) is 4.41. The van der Waals surface area contributed by atoms with Crippen LogP contribution in [-0.2, 0) is 9.53 Å². The molecular weight excluding hydrogens is 188 g/mol. The minimum atomic E-state index is -0.160. The molecule has 0 spiro atoms. The lowest BCUT2D eigenvalue weighted by atomic mass is 9.81. The topological polar surface area (TPSA) is 26.3 Å². The fraction of sp³-hybridized carbons (Fsp3) is 0.923. The monoisotopic (exact) mass is 212 g/mol. The Morgan fingerprint density at radius 1 is 1.40 bits per heavy atom. The third kappa shape index (κ3) is 2.53. The number of rotatable bonds is 2. The molecule has 0 heterocycles. The van der Waals surface area contributed by atoms with Crippen LogP contribution in [0.25, 0.3) is 0 Å². The smallest absolute Gasteiger partial charge is 0.302 e. The number of carbonyl (C=O) groups is 1. The molecule has 0 bridgehead atoms. The minimum Gasteiger partial charge on any atom is -0.463 e. The zero-order chi connectivity index (χ0) is 11.8. The molecule has 0 saturated heterocycles. The van der Waals surface area contributed by atoms with Crippen LogP contribution in [-0.4, -0.2) is 12.1 Å². The first-order valence-electron chi connectivity index (χ1n) is 5.93. The molecule has 2 heteroatoms. The van der Waals surface area contributed by atoms with E-state index in [0.717, 1.165) is 6.42 Å². The van der Waals surface area contributed by atoms with Crippen molar-refractivity contribution in [2.75, 3.05) is 0 Å². The molecule has 1 aliphatic rings. The summed E-state index contributed by atoms with van der Waals surface area (Å²) < 4.78 is 5.31. The molecule has 4 atom stereocenters. The summed E-state index contributed by atoms with van der Waals surface area (Å²) in [5.41, 5.74) is 0.374. The molecule has 1 rings (SSSR count). The van der Waals surface area contributed by atoms with Gasteiger partial charge < -0.3 is 4.74 Å². The number of carbonyl (C=O) groups excluding carboxylic acids is 1. The predicted molar refractivity (Wildman–Crippen MR) is 61.4 cm³/mol. The van der Waals surface area contributed by atoms with E-state index in [9.17, 15) is 4.79 Å². The van der Waals surface area contributed by atoms with E-state index in [0.29, 0.717) is 23.2 Å². The number of ether oxygens (including phenoxy) is 1. The van der Waals surface area contributed by atoms with Gasteiger partial charge in [-0.1, -0.05) is 27.7 Å². The van der Waals surface area contributed by atoms with Crippen molar-refractivity contribution in [3.8, 4) is 0 Å². The lowest BCUT2D eigenvalue weighted by Gasteiger charge is -2.25. The van der Waals surface area contributed by atoms with E-state index in [4.69, 9.17) is 4.74 Å². The van der Waals surface area contributed by atoms with Gasteiger partial charge in [-0.3, -0.25) is 4.79 Å². The molecule has 0 aromatic carbocycles. The average Bonchev–Trinajstić information content (AvgIpc) is 2.28. The summed E-state index contributed by atoms with van der Waals surface area (Å²) in [7, 11) is 0. The minimum absolute atomic E-state index is 0.0572. The van der Waals surface area contributed by atoms with Crippen LogP contribution in [0.4, 0.5) is 0 Å². The number of hydrogen-bond donors (Lipinski definition) is 0. The van der Waals surface area contributed by atoms with E-state index in [1.54, 1.807) is 0 Å². The highest BCUT2D eigenvalue weighted by molar-refractivity contribution is 5.66. The second-order valence-corrected chi connectivity index (χ2v) is 5.82. The summed E-state index contributed by atoms with van der Waals surface area (Å²) in [4.78, 5) is 10.9. The maximum absolute atomic E-state index is 10.9. The molecule has 2 nitrogen and oxygen atoms in total. The van der Waals surface area contributed by atoms with Gasteiger partial charge in [0.15, 0.2) is 0 Å². The van der Waals surface area contributed by atoms with E-state index in [2.05, 4.69) is 27.7 Å². The Kier molecular flexibility index (Phi) is 3.47. The third-order valence-electron chi connectivity index (χ3n) is 4.41. The van der Waals surface area contributed by atoms with Crippen molar-refractivity contribution >= 4 is 5.97 Å². The van der Waals surface area contributed by atoms with Crippen molar-refractivity contribution in [1.29, 1.82) is 0 Å². The summed E-state index contributed by atoms with van der Waals surface area (Å²) >= 11 is 0. The molecule has 0 aromatic rings. The average molecular weight is 212 g/mol. The standard InChI is InChI=1S/C13H24O2/c1-8-9(2)13(5,6)7-12(8)10(3)15-11(4)14/h8-10,12H,7H2,1-6H3/t8-,9+,10?,12?/m0/s1. The molecule has 0 aliphatic heterocycles. The van der Waals surface area contributed by atoms with Gasteiger partial charge in [-0.15, -0.1) is 0 Å². The van der Waals surface area contributed by atoms with Crippen LogP contribution >= 0.6 is 0 Å². The summed E-state index contributed by atoms with van der Waals surface area (Å²) in [5.74, 6) is 1.68. The zero-order valence-corrected chi connectivity index (χ0v) is 10.8. The highest BCUT2D eigenvalue weighted by Gasteiger charge is 2.45. The Morgan fingerprint density at radius 2 is 1.93 bits per heavy atom. The first kappa shape index (κ1) is 12.5. The molecular formula is C13H24O2. The van der Waals surface area contributed by atoms with Gasteiger partial charge in [0.25, 0.3) is 0 Å². The van der Waals surface area contributed by atoms with E-state index in [1.165, 1.54) is 6.92 Å². The highest BCUT2D eigenvalue weighted by Crippen LogP contribution is 2.50. The highest BCUT2D eigenvalue weighted by atomic mass is 16.5. The van der Waals surface area contributed by atoms with Crippen molar-refractivity contribution in [2.24, 2.45) is 23.2 Å². The summed E-state index contributed by atoms with van der Waals surface area (Å²) in [6, 6.07) is 0. The van der Waals surface area contributed by atoms with Crippen molar-refractivity contribution in [3.05, 3.63) is 0 Å². The van der Waals surface area contributed by atoms with Crippen molar-refractivity contribution in [1.82, 2.24) is 0 Å². The second-order valence-electron chi connectivity index (χ2n) is 5.82. The number of esters is 1. The quantitative estimate of drug-likeness (QED) is 0.657. The van der Waals surface area contributed by atoms with Gasteiger partial charge >= 0.3 is 5.97 Å². The molecule has 1 aliphatic carbocycles. The zero-order valence-electron chi connectivity index (χ0n) is 10.8. The van der Waals surface area contributed by atoms with Gasteiger partial charge in [0.05, 0.1) is 0 Å². The molecule has 15 heavy (non-hydrogen) atoms. The van der Waals surface area contributed by atoms with Crippen LogP contribution in [0, 0.1) is 23.2 Å². The molecule has 0 amide bonds. The van der Waals surface area contributed by atoms with Crippen molar-refractivity contribution in [3.63, 3.8) is 0 Å². The van der Waals surface area contributed by atoms with Crippen molar-refractivity contribution < 1.29 is 9.53 Å². The summed E-state index contributed by atoms with van der Waals surface area (Å²) in [6.07, 6.45) is 1.21. The second kappa shape index (κ2) is 4.15. The van der Waals surface area contributed by atoms with Gasteiger partial charge in [-0.2, -0.15) is 0 Å². The van der Waals surface area contributed by atoms with Gasteiger partial charge in [-0.05, 0) is 36.5 Å². The Labute approximate surface area is 93.4 Å². The first-order valence-corrected chi connectivity index (χ1v) is 5.93. The molecule has 0 N–H and O–H groups in total. The Balaban J connectivity index is 2.69. The fourth-order valence-electron chi connectivity index (χ4n) is 3.00. The van der Waals surface area contributed by atoms with Gasteiger partial charge in [0.2, 0.25) is 0 Å². The van der Waals surface area contributed by atoms with Crippen LogP contribution in [0.5, 0.6) is 0 Å². The molecule has 88 valence electrons. The van der Waals surface area contributed by atoms with E-state index in [-0.39, 0.29) is 12.1 Å². The SMILES string of the molecule is CC(=O)OC(C)C1CC(C)(C)[C@H](C)[C@@H]1C. The number of hydrogen-bond acceptors (Lipinski definition) is 2. The molecule has 2 unspecified atom stereocenters. The van der Waals surface area contributed by atoms with Crippen LogP contribution in [0.3, 0.4) is 0 Å². The van der Waals surface area contributed by atoms with Crippen LogP contribution in [0.1, 0.15) is 48.0 Å². The van der Waals surface area contributed by atoms with Gasteiger partial charge in [0.1, 0.15) is 6.10 Å². The molecule has 0 radical (unpaired) electrons. The lowest BCUT2D eigenvalue weighted by Crippen LogP contribution is -2.25. The van der Waals surface area contributed by atoms with E-state index in [1.807, 2.05) is 6.92 Å². The van der Waals surface area contributed by atoms with Crippen LogP contribution in [0.2, 0.25) is 0 Å². The summed E-state index contributed by atoms with van der Waals surface area (Å²) in [6.45, 7) is 12.7. The fourth-order valence-corrected chi connectivity index (χ4v) is 3.00.